The van der Waals surface area contributed by atoms with Gasteiger partial charge in [0.1, 0.15) is 6.04 Å². The normalized spacial score (nSPS) is 13.1. The van der Waals surface area contributed by atoms with E-state index >= 15 is 0 Å². The number of ether oxygens (including phenoxy) is 1. The third-order valence-electron chi connectivity index (χ3n) is 2.98. The molecule has 2 N–H and O–H groups in total. The number of carbonyl (C=O) groups is 1. The van der Waals surface area contributed by atoms with Crippen molar-refractivity contribution < 1.29 is 9.53 Å². The topological polar surface area (TPSA) is 52.3 Å². The second-order valence-corrected chi connectivity index (χ2v) is 6.85. The minimum atomic E-state index is -0.534. The van der Waals surface area contributed by atoms with E-state index in [1.54, 1.807) is 18.7 Å². The number of benzene rings is 1. The Morgan fingerprint density at radius 1 is 1.30 bits per heavy atom. The molecule has 0 spiro atoms. The van der Waals surface area contributed by atoms with Crippen LogP contribution < -0.4 is 5.73 Å². The number of nitrogens with two attached hydrogens (primary N) is 1. The van der Waals surface area contributed by atoms with Gasteiger partial charge < -0.3 is 10.5 Å². The fourth-order valence-electron chi connectivity index (χ4n) is 1.72. The van der Waals surface area contributed by atoms with Crippen LogP contribution in [0, 0.1) is 0 Å². The van der Waals surface area contributed by atoms with Crippen LogP contribution in [0.25, 0.3) is 0 Å². The maximum absolute atomic E-state index is 11.4. The van der Waals surface area contributed by atoms with Gasteiger partial charge in [-0.05, 0) is 23.5 Å². The minimum Gasteiger partial charge on any atom is -0.465 e. The highest BCUT2D eigenvalue weighted by molar-refractivity contribution is 7.98. The summed E-state index contributed by atoms with van der Waals surface area (Å²) in [6, 6.07) is 8.09. The van der Waals surface area contributed by atoms with Crippen molar-refractivity contribution in [1.29, 1.82) is 0 Å². The summed E-state index contributed by atoms with van der Waals surface area (Å²) >= 11 is 1.66. The molecule has 3 nitrogen and oxygen atoms in total. The summed E-state index contributed by atoms with van der Waals surface area (Å²) in [5.74, 6) is 1.13. The predicted molar refractivity (Wildman–Crippen MR) is 85.9 cm³/mol. The summed E-state index contributed by atoms with van der Waals surface area (Å²) < 4.78 is 4.88. The highest BCUT2D eigenvalue weighted by Gasteiger charge is 2.15. The molecular weight excluding hydrogens is 270 g/mol. The number of hydrogen-bond acceptors (Lipinski definition) is 4. The van der Waals surface area contributed by atoms with Gasteiger partial charge in [0.05, 0.1) is 6.61 Å². The van der Waals surface area contributed by atoms with E-state index in [4.69, 9.17) is 10.5 Å². The van der Waals surface area contributed by atoms with Crippen molar-refractivity contribution in [3.63, 3.8) is 0 Å². The summed E-state index contributed by atoms with van der Waals surface area (Å²) in [4.78, 5) is 11.4. The minimum absolute atomic E-state index is 0.179. The van der Waals surface area contributed by atoms with Crippen LogP contribution in [0.2, 0.25) is 0 Å². The van der Waals surface area contributed by atoms with Crippen LogP contribution in [0.3, 0.4) is 0 Å². The van der Waals surface area contributed by atoms with Crippen LogP contribution in [0.5, 0.6) is 0 Å². The Balaban J connectivity index is 2.41. The van der Waals surface area contributed by atoms with Gasteiger partial charge in [-0.25, -0.2) is 0 Å². The Hall–Kier alpha value is -1.00. The largest absolute Gasteiger partial charge is 0.465 e. The molecule has 112 valence electrons. The van der Waals surface area contributed by atoms with Crippen LogP contribution in [-0.4, -0.2) is 24.4 Å². The molecule has 1 atom stereocenters. The molecular formula is C16H25NO2S. The van der Waals surface area contributed by atoms with Gasteiger partial charge in [0.15, 0.2) is 0 Å². The van der Waals surface area contributed by atoms with E-state index in [1.165, 1.54) is 11.1 Å². The maximum Gasteiger partial charge on any atom is 0.323 e. The molecule has 0 heterocycles. The SMILES string of the molecule is CCOC(=O)[C@@H](N)CSCc1ccc(C(C)(C)C)cc1. The maximum atomic E-state index is 11.4. The standard InChI is InChI=1S/C16H25NO2S/c1-5-19-15(18)14(17)11-20-10-12-6-8-13(9-7-12)16(2,3)4/h6-9,14H,5,10-11,17H2,1-4H3/t14-/m0/s1. The third kappa shape index (κ3) is 5.55. The molecule has 20 heavy (non-hydrogen) atoms. The monoisotopic (exact) mass is 295 g/mol. The smallest absolute Gasteiger partial charge is 0.323 e. The lowest BCUT2D eigenvalue weighted by atomic mass is 9.87. The van der Waals surface area contributed by atoms with Crippen LogP contribution in [-0.2, 0) is 20.7 Å². The summed E-state index contributed by atoms with van der Waals surface area (Å²) in [5, 5.41) is 0. The molecule has 1 aromatic carbocycles. The molecule has 0 unspecified atom stereocenters. The van der Waals surface area contributed by atoms with Gasteiger partial charge in [-0.1, -0.05) is 45.0 Å². The number of carbonyl (C=O) groups excluding carboxylic acids is 1. The zero-order valence-corrected chi connectivity index (χ0v) is 13.6. The lowest BCUT2D eigenvalue weighted by Gasteiger charge is -2.19. The van der Waals surface area contributed by atoms with Crippen molar-refractivity contribution in [2.45, 2.75) is 44.9 Å². The highest BCUT2D eigenvalue weighted by atomic mass is 32.2. The quantitative estimate of drug-likeness (QED) is 0.819. The van der Waals surface area contributed by atoms with Gasteiger partial charge in [0, 0.05) is 11.5 Å². The van der Waals surface area contributed by atoms with E-state index in [9.17, 15) is 4.79 Å². The molecule has 0 radical (unpaired) electrons. The molecule has 1 aromatic rings. The van der Waals surface area contributed by atoms with Crippen LogP contribution in [0.15, 0.2) is 24.3 Å². The lowest BCUT2D eigenvalue weighted by molar-refractivity contribution is -0.144. The number of esters is 1. The molecule has 0 aliphatic carbocycles. The van der Waals surface area contributed by atoms with E-state index in [0.717, 1.165) is 5.75 Å². The van der Waals surface area contributed by atoms with Crippen molar-refractivity contribution in [1.82, 2.24) is 0 Å². The van der Waals surface area contributed by atoms with Gasteiger partial charge in [-0.2, -0.15) is 11.8 Å². The van der Waals surface area contributed by atoms with E-state index in [2.05, 4.69) is 45.0 Å². The molecule has 4 heteroatoms. The molecule has 0 saturated carbocycles. The Morgan fingerprint density at radius 2 is 1.90 bits per heavy atom. The Kier molecular flexibility index (Phi) is 6.56. The van der Waals surface area contributed by atoms with Crippen LogP contribution in [0.4, 0.5) is 0 Å². The fourth-order valence-corrected chi connectivity index (χ4v) is 2.66. The van der Waals surface area contributed by atoms with Gasteiger partial charge in [0.2, 0.25) is 0 Å². The zero-order valence-electron chi connectivity index (χ0n) is 12.8. The first-order chi connectivity index (χ1) is 9.34. The van der Waals surface area contributed by atoms with E-state index in [1.807, 2.05) is 0 Å². The fraction of sp³-hybridized carbons (Fsp3) is 0.562. The molecule has 0 saturated heterocycles. The molecule has 0 aromatic heterocycles. The summed E-state index contributed by atoms with van der Waals surface area (Å²) in [6.45, 7) is 8.78. The Bertz CT molecular complexity index is 423. The Morgan fingerprint density at radius 3 is 2.40 bits per heavy atom. The van der Waals surface area contributed by atoms with E-state index in [-0.39, 0.29) is 11.4 Å². The zero-order chi connectivity index (χ0) is 15.2. The first-order valence-corrected chi connectivity index (χ1v) is 8.09. The second-order valence-electron chi connectivity index (χ2n) is 5.82. The van der Waals surface area contributed by atoms with E-state index in [0.29, 0.717) is 12.4 Å². The number of hydrogen-bond donors (Lipinski definition) is 1. The van der Waals surface area contributed by atoms with Crippen molar-refractivity contribution in [2.75, 3.05) is 12.4 Å². The molecule has 0 aliphatic heterocycles. The van der Waals surface area contributed by atoms with Crippen molar-refractivity contribution in [3.8, 4) is 0 Å². The summed E-state index contributed by atoms with van der Waals surface area (Å²) in [6.07, 6.45) is 0. The summed E-state index contributed by atoms with van der Waals surface area (Å²) in [5.41, 5.74) is 8.51. The average molecular weight is 295 g/mol. The molecule has 1 rings (SSSR count). The highest BCUT2D eigenvalue weighted by Crippen LogP contribution is 2.23. The van der Waals surface area contributed by atoms with Gasteiger partial charge in [0.25, 0.3) is 0 Å². The lowest BCUT2D eigenvalue weighted by Crippen LogP contribution is -2.34. The van der Waals surface area contributed by atoms with Crippen molar-refractivity contribution in [2.24, 2.45) is 5.73 Å². The van der Waals surface area contributed by atoms with Gasteiger partial charge >= 0.3 is 5.97 Å². The van der Waals surface area contributed by atoms with Gasteiger partial charge in [-0.3, -0.25) is 4.79 Å². The summed E-state index contributed by atoms with van der Waals surface area (Å²) in [7, 11) is 0. The van der Waals surface area contributed by atoms with Crippen molar-refractivity contribution in [3.05, 3.63) is 35.4 Å². The first-order valence-electron chi connectivity index (χ1n) is 6.94. The van der Waals surface area contributed by atoms with Crippen LogP contribution in [0.1, 0.15) is 38.8 Å². The first kappa shape index (κ1) is 17.1. The number of thioether (sulfide) groups is 1. The second kappa shape index (κ2) is 7.70. The molecule has 0 fully saturated rings. The third-order valence-corrected chi connectivity index (χ3v) is 4.11. The average Bonchev–Trinajstić information content (AvgIpc) is 2.38. The Labute approximate surface area is 126 Å². The van der Waals surface area contributed by atoms with E-state index < -0.39 is 6.04 Å². The molecule has 0 amide bonds. The van der Waals surface area contributed by atoms with Crippen molar-refractivity contribution >= 4 is 17.7 Å². The number of rotatable bonds is 6. The molecule has 0 aliphatic rings. The van der Waals surface area contributed by atoms with Crippen LogP contribution >= 0.6 is 11.8 Å². The molecule has 0 bridgehead atoms. The van der Waals surface area contributed by atoms with Gasteiger partial charge in [-0.15, -0.1) is 0 Å². The predicted octanol–water partition coefficient (Wildman–Crippen LogP) is 3.11.